The van der Waals surface area contributed by atoms with Gasteiger partial charge in [-0.25, -0.2) is 0 Å². The van der Waals surface area contributed by atoms with Crippen molar-refractivity contribution in [2.24, 2.45) is 17.8 Å². The van der Waals surface area contributed by atoms with E-state index in [1.165, 1.54) is 45.1 Å². The van der Waals surface area contributed by atoms with Crippen LogP contribution in [-0.4, -0.2) is 12.6 Å². The van der Waals surface area contributed by atoms with Crippen LogP contribution >= 0.6 is 0 Å². The van der Waals surface area contributed by atoms with E-state index in [-0.39, 0.29) is 0 Å². The average molecular weight is 225 g/mol. The summed E-state index contributed by atoms with van der Waals surface area (Å²) in [6.07, 6.45) is 8.38. The summed E-state index contributed by atoms with van der Waals surface area (Å²) in [7, 11) is 0. The van der Waals surface area contributed by atoms with Gasteiger partial charge in [-0.3, -0.25) is 0 Å². The topological polar surface area (TPSA) is 12.0 Å². The smallest absolute Gasteiger partial charge is 0.00683 e. The van der Waals surface area contributed by atoms with Crippen molar-refractivity contribution in [3.05, 3.63) is 0 Å². The molecule has 0 heterocycles. The van der Waals surface area contributed by atoms with Crippen molar-refractivity contribution in [1.29, 1.82) is 0 Å². The monoisotopic (exact) mass is 225 g/mol. The van der Waals surface area contributed by atoms with Gasteiger partial charge in [-0.2, -0.15) is 0 Å². The fourth-order valence-corrected chi connectivity index (χ4v) is 2.64. The zero-order valence-electron chi connectivity index (χ0n) is 11.8. The summed E-state index contributed by atoms with van der Waals surface area (Å²) in [5.74, 6) is 2.70. The van der Waals surface area contributed by atoms with Crippen LogP contribution in [0.25, 0.3) is 0 Å². The van der Waals surface area contributed by atoms with E-state index in [2.05, 4.69) is 33.0 Å². The number of nitrogens with one attached hydrogen (secondary N) is 1. The van der Waals surface area contributed by atoms with Crippen LogP contribution in [0.5, 0.6) is 0 Å². The Balaban J connectivity index is 2.28. The van der Waals surface area contributed by atoms with Gasteiger partial charge in [-0.05, 0) is 50.0 Å². The summed E-state index contributed by atoms with van der Waals surface area (Å²) in [5.41, 5.74) is 0. The fraction of sp³-hybridized carbons (Fsp3) is 1.00. The van der Waals surface area contributed by atoms with Crippen LogP contribution in [0.2, 0.25) is 0 Å². The molecule has 0 spiro atoms. The lowest BCUT2D eigenvalue weighted by molar-refractivity contribution is 0.298. The van der Waals surface area contributed by atoms with E-state index < -0.39 is 0 Å². The lowest BCUT2D eigenvalue weighted by Gasteiger charge is -2.24. The molecule has 96 valence electrons. The summed E-state index contributed by atoms with van der Waals surface area (Å²) < 4.78 is 0. The first-order valence-corrected chi connectivity index (χ1v) is 7.39. The Morgan fingerprint density at radius 1 is 1.00 bits per heavy atom. The normalized spacial score (nSPS) is 18.4. The van der Waals surface area contributed by atoms with Crippen LogP contribution in [-0.2, 0) is 0 Å². The molecule has 1 fully saturated rings. The molecule has 0 aromatic rings. The van der Waals surface area contributed by atoms with Gasteiger partial charge in [-0.1, -0.05) is 40.5 Å². The van der Waals surface area contributed by atoms with Gasteiger partial charge in [0.05, 0.1) is 0 Å². The van der Waals surface area contributed by atoms with Crippen molar-refractivity contribution >= 4 is 0 Å². The van der Waals surface area contributed by atoms with Gasteiger partial charge >= 0.3 is 0 Å². The first-order chi connectivity index (χ1) is 7.65. The van der Waals surface area contributed by atoms with Crippen LogP contribution in [0.1, 0.15) is 66.2 Å². The Morgan fingerprint density at radius 3 is 2.06 bits per heavy atom. The van der Waals surface area contributed by atoms with Crippen molar-refractivity contribution in [1.82, 2.24) is 5.32 Å². The van der Waals surface area contributed by atoms with Crippen molar-refractivity contribution < 1.29 is 0 Å². The standard InChI is InChI=1S/C15H31N/c1-5-13(6-2)10-14(9-12(3)4)11-16-15-7-8-15/h12-16H,5-11H2,1-4H3. The molecule has 0 aromatic heterocycles. The molecule has 0 saturated heterocycles. The van der Waals surface area contributed by atoms with Gasteiger partial charge in [-0.15, -0.1) is 0 Å². The summed E-state index contributed by atoms with van der Waals surface area (Å²) >= 11 is 0. The third-order valence-electron chi connectivity index (χ3n) is 3.90. The van der Waals surface area contributed by atoms with Crippen molar-refractivity contribution in [2.75, 3.05) is 6.54 Å². The van der Waals surface area contributed by atoms with Crippen molar-refractivity contribution in [3.63, 3.8) is 0 Å². The Hall–Kier alpha value is -0.0400. The van der Waals surface area contributed by atoms with Crippen LogP contribution in [0.3, 0.4) is 0 Å². The van der Waals surface area contributed by atoms with E-state index in [0.717, 1.165) is 23.8 Å². The highest BCUT2D eigenvalue weighted by Crippen LogP contribution is 2.25. The van der Waals surface area contributed by atoms with Crippen LogP contribution in [0.4, 0.5) is 0 Å². The predicted octanol–water partition coefficient (Wildman–Crippen LogP) is 4.23. The van der Waals surface area contributed by atoms with Crippen LogP contribution < -0.4 is 5.32 Å². The van der Waals surface area contributed by atoms with Crippen molar-refractivity contribution in [3.8, 4) is 0 Å². The first-order valence-electron chi connectivity index (χ1n) is 7.39. The highest BCUT2D eigenvalue weighted by molar-refractivity contribution is 4.82. The summed E-state index contributed by atoms with van der Waals surface area (Å²) in [5, 5.41) is 3.72. The quantitative estimate of drug-likeness (QED) is 0.619. The summed E-state index contributed by atoms with van der Waals surface area (Å²) in [6, 6.07) is 0.872. The molecule has 1 aliphatic rings. The summed E-state index contributed by atoms with van der Waals surface area (Å²) in [6.45, 7) is 10.7. The Labute approximate surface area is 102 Å². The van der Waals surface area contributed by atoms with E-state index >= 15 is 0 Å². The number of hydrogen-bond donors (Lipinski definition) is 1. The van der Waals surface area contributed by atoms with Gasteiger partial charge in [0, 0.05) is 6.04 Å². The molecule has 1 aliphatic carbocycles. The molecule has 1 nitrogen and oxygen atoms in total. The molecule has 1 rings (SSSR count). The van der Waals surface area contributed by atoms with Gasteiger partial charge in [0.1, 0.15) is 0 Å². The van der Waals surface area contributed by atoms with E-state index in [9.17, 15) is 0 Å². The van der Waals surface area contributed by atoms with E-state index in [1.807, 2.05) is 0 Å². The minimum atomic E-state index is 0.848. The molecular formula is C15H31N. The van der Waals surface area contributed by atoms with Gasteiger partial charge in [0.2, 0.25) is 0 Å². The van der Waals surface area contributed by atoms with E-state index in [4.69, 9.17) is 0 Å². The van der Waals surface area contributed by atoms with Crippen LogP contribution in [0.15, 0.2) is 0 Å². The maximum atomic E-state index is 3.72. The largest absolute Gasteiger partial charge is 0.314 e. The highest BCUT2D eigenvalue weighted by Gasteiger charge is 2.23. The molecule has 1 N–H and O–H groups in total. The van der Waals surface area contributed by atoms with Crippen LogP contribution in [0, 0.1) is 17.8 Å². The van der Waals surface area contributed by atoms with E-state index in [0.29, 0.717) is 0 Å². The second-order valence-corrected chi connectivity index (χ2v) is 6.10. The first kappa shape index (κ1) is 14.0. The SMILES string of the molecule is CCC(CC)CC(CNC1CC1)CC(C)C. The average Bonchev–Trinajstić information content (AvgIpc) is 3.05. The lowest BCUT2D eigenvalue weighted by atomic mass is 9.85. The molecule has 1 atom stereocenters. The van der Waals surface area contributed by atoms with Gasteiger partial charge < -0.3 is 5.32 Å². The molecular weight excluding hydrogens is 194 g/mol. The molecule has 1 heteroatoms. The maximum Gasteiger partial charge on any atom is 0.00683 e. The second kappa shape index (κ2) is 7.32. The molecule has 0 radical (unpaired) electrons. The van der Waals surface area contributed by atoms with Gasteiger partial charge in [0.15, 0.2) is 0 Å². The number of rotatable bonds is 9. The Bertz CT molecular complexity index is 168. The Morgan fingerprint density at radius 2 is 1.62 bits per heavy atom. The molecule has 0 bridgehead atoms. The molecule has 0 aliphatic heterocycles. The van der Waals surface area contributed by atoms with Crippen molar-refractivity contribution in [2.45, 2.75) is 72.3 Å². The minimum absolute atomic E-state index is 0.848. The second-order valence-electron chi connectivity index (χ2n) is 6.10. The molecule has 1 unspecified atom stereocenters. The highest BCUT2D eigenvalue weighted by atomic mass is 14.9. The Kier molecular flexibility index (Phi) is 6.41. The molecule has 0 aromatic carbocycles. The zero-order valence-corrected chi connectivity index (χ0v) is 11.8. The third-order valence-corrected chi connectivity index (χ3v) is 3.90. The number of hydrogen-bond acceptors (Lipinski definition) is 1. The van der Waals surface area contributed by atoms with Gasteiger partial charge in [0.25, 0.3) is 0 Å². The zero-order chi connectivity index (χ0) is 12.0. The van der Waals surface area contributed by atoms with E-state index in [1.54, 1.807) is 0 Å². The fourth-order valence-electron chi connectivity index (χ4n) is 2.64. The minimum Gasteiger partial charge on any atom is -0.314 e. The third kappa shape index (κ3) is 5.89. The lowest BCUT2D eigenvalue weighted by Crippen LogP contribution is -2.27. The summed E-state index contributed by atoms with van der Waals surface area (Å²) in [4.78, 5) is 0. The molecule has 1 saturated carbocycles. The predicted molar refractivity (Wildman–Crippen MR) is 72.7 cm³/mol. The molecule has 0 amide bonds. The maximum absolute atomic E-state index is 3.72. The molecule has 16 heavy (non-hydrogen) atoms.